The van der Waals surface area contributed by atoms with Crippen LogP contribution in [0.2, 0.25) is 0 Å². The number of rotatable bonds is 19. The molecule has 6 N–H and O–H groups in total. The number of hydrogen-bond donors (Lipinski definition) is 6. The van der Waals surface area contributed by atoms with Gasteiger partial charge >= 0.3 is 0 Å². The number of phenolic OH excluding ortho intramolecular Hbond substituents is 6. The molecular weight excluding hydrogens is 1700 g/mol. The number of methoxy groups -OCH3 is 1. The first kappa shape index (κ1) is 86.6. The van der Waals surface area contributed by atoms with E-state index in [1.54, 1.807) is 43.5 Å². The molecule has 26 heteroatoms. The molecule has 26 rings (SSSR count). The maximum Gasteiger partial charge on any atom is 0.147 e. The van der Waals surface area contributed by atoms with Crippen molar-refractivity contribution in [1.82, 2.24) is 84.3 Å². The number of phenols is 6. The summed E-state index contributed by atoms with van der Waals surface area (Å²) in [5, 5.41) is 63.0. The summed E-state index contributed by atoms with van der Waals surface area (Å²) in [5.74, 6) is 3.31. The van der Waals surface area contributed by atoms with Crippen LogP contribution in [-0.2, 0) is 27.1 Å². The molecule has 26 nitrogen and oxygen atoms in total. The van der Waals surface area contributed by atoms with Gasteiger partial charge in [0.05, 0.1) is 13.7 Å². The number of nitrogens with zero attached hydrogens (tertiary/aromatic N) is 18. The fourth-order valence-electron chi connectivity index (χ4n) is 18.5. The van der Waals surface area contributed by atoms with Crippen LogP contribution in [0.3, 0.4) is 0 Å². The Kier molecular flexibility index (Phi) is 20.4. The molecule has 136 heavy (non-hydrogen) atoms. The molecule has 0 aliphatic rings. The second-order valence-corrected chi connectivity index (χ2v) is 39.0. The topological polar surface area (TPSA) is 222 Å². The van der Waals surface area contributed by atoms with Gasteiger partial charge < -0.3 is 40.1 Å². The Morgan fingerprint density at radius 1 is 0.257 bits per heavy atom. The summed E-state index contributed by atoms with van der Waals surface area (Å²) in [4.78, 5) is 11.9. The number of hydrogen-bond acceptors (Lipinski definition) is 8. The van der Waals surface area contributed by atoms with Crippen molar-refractivity contribution in [3.63, 3.8) is 0 Å². The predicted molar refractivity (Wildman–Crippen MR) is 537 cm³/mol. The van der Waals surface area contributed by atoms with Crippen molar-refractivity contribution in [2.75, 3.05) is 13.7 Å². The zero-order chi connectivity index (χ0) is 94.8. The molecule has 0 saturated heterocycles. The third kappa shape index (κ3) is 14.2. The van der Waals surface area contributed by atoms with Crippen LogP contribution in [-0.4, -0.2) is 129 Å². The van der Waals surface area contributed by atoms with E-state index in [4.69, 9.17) is 9.47 Å². The first-order chi connectivity index (χ1) is 65.4. The van der Waals surface area contributed by atoms with E-state index in [9.17, 15) is 30.6 Å². The van der Waals surface area contributed by atoms with E-state index in [1.807, 2.05) is 163 Å². The normalized spacial score (nSPS) is 12.6. The molecule has 14 aromatic carbocycles. The molecule has 0 unspecified atom stereocenters. The lowest BCUT2D eigenvalue weighted by molar-refractivity contribution is 0.308. The van der Waals surface area contributed by atoms with Crippen molar-refractivity contribution in [3.05, 3.63) is 348 Å². The van der Waals surface area contributed by atoms with Gasteiger partial charge in [0.25, 0.3) is 0 Å². The molecule has 0 saturated carbocycles. The second-order valence-electron chi connectivity index (χ2n) is 39.0. The number of aromatic hydroxyl groups is 6. The van der Waals surface area contributed by atoms with Gasteiger partial charge in [-0.15, -0.1) is 84.3 Å². The second kappa shape index (κ2) is 32.1. The van der Waals surface area contributed by atoms with Crippen molar-refractivity contribution in [3.8, 4) is 80.1 Å². The lowest BCUT2D eigenvalue weighted by Gasteiger charge is -2.32. The lowest BCUT2D eigenvalue weighted by Crippen LogP contribution is -2.24. The largest absolute Gasteiger partial charge is 0.506 e. The van der Waals surface area contributed by atoms with Crippen LogP contribution in [0, 0.1) is 6.92 Å². The molecule has 0 radical (unpaired) electrons. The molecule has 12 heterocycles. The minimum Gasteiger partial charge on any atom is -0.506 e. The fraction of sp³-hybridized carbons (Fsp3) is 0.236. The Labute approximate surface area is 784 Å². The van der Waals surface area contributed by atoms with Crippen molar-refractivity contribution in [2.45, 2.75) is 157 Å². The van der Waals surface area contributed by atoms with Crippen LogP contribution in [0.5, 0.6) is 46.0 Å². The van der Waals surface area contributed by atoms with Crippen LogP contribution in [0.1, 0.15) is 167 Å². The van der Waals surface area contributed by atoms with Gasteiger partial charge in [-0.05, 0) is 209 Å². The maximum absolute atomic E-state index is 11.7. The van der Waals surface area contributed by atoms with E-state index in [-0.39, 0.29) is 38.6 Å². The standard InChI is InChI=1S/C30H29N3O.C22H29N3O.C16H17N3O2.C16H17N3O.C13H11N3O2.C13H11N3O/c1-29(2,21-13-7-5-8-14-21)23-19-24(30(3,4)22-15-9-6-10-16-22)28(34)27(20-23)33-31-25-17-11-12-18-26(25)32(31)33;1-7-21(3,4)15-13-16(22(5,6)8-2)20(26)19(14-15)25-23-17-11-9-10-12-18(17)24(23)25;1-2-3-10-21-12-8-9-16(20)15(11-12)19-17-13-6-4-5-7-14(13)18(17)19;1-16(2,3)11-8-9-15(20)14(10-11)19-17-12-6-4-5-7-13(12)18(17)19;1-18-9-6-7-13(17)12(8-9)16-14-10-4-2-3-5-11(10)15(14)16;1-9-6-7-13(17)12(8-9)16-14-10-4-2-3-5-11(10)15(14)16/h5-20,34H,1-4H3;9-14,26H,7-8H2,1-6H3;4-9,11,20H,2-3,10H2,1H3;4-10,20H,1-3H3;2-8,17H,1H3;2-8,17H,1H3. The van der Waals surface area contributed by atoms with E-state index in [0.717, 1.165) is 115 Å². The van der Waals surface area contributed by atoms with Crippen molar-refractivity contribution in [1.29, 1.82) is 0 Å². The van der Waals surface area contributed by atoms with E-state index in [1.165, 1.54) is 60.9 Å². The molecular formula is C110H114N18O8. The maximum atomic E-state index is 11.7. The molecule has 0 amide bonds. The van der Waals surface area contributed by atoms with Crippen molar-refractivity contribution < 1.29 is 40.1 Å². The highest BCUT2D eigenvalue weighted by molar-refractivity contribution is 5.84. The first-order valence-corrected chi connectivity index (χ1v) is 46.7. The number of unbranched alkanes of at least 4 members (excludes halogenated alkanes) is 1. The minimum absolute atomic E-state index is 0.0631. The van der Waals surface area contributed by atoms with E-state index in [0.29, 0.717) is 35.3 Å². The zero-order valence-electron chi connectivity index (χ0n) is 79.5. The Hall–Kier alpha value is -16.1. The first-order valence-electron chi connectivity index (χ1n) is 46.7. The molecule has 0 atom stereocenters. The van der Waals surface area contributed by atoms with Gasteiger partial charge in [-0.1, -0.05) is 261 Å². The molecule has 26 aromatic rings. The van der Waals surface area contributed by atoms with E-state index < -0.39 is 0 Å². The average Bonchev–Trinajstić information content (AvgIpc) is 1.40. The molecule has 0 aliphatic carbocycles. The van der Waals surface area contributed by atoms with Gasteiger partial charge in [-0.3, -0.25) is 0 Å². The van der Waals surface area contributed by atoms with Crippen LogP contribution in [0.15, 0.2) is 303 Å². The van der Waals surface area contributed by atoms with Gasteiger partial charge in [-0.25, -0.2) is 0 Å². The summed E-state index contributed by atoms with van der Waals surface area (Å²) in [7, 11) is 1.61. The van der Waals surface area contributed by atoms with Crippen molar-refractivity contribution in [2.24, 2.45) is 0 Å². The zero-order valence-corrected chi connectivity index (χ0v) is 79.5. The Morgan fingerprint density at radius 3 is 0.897 bits per heavy atom. The third-order valence-electron chi connectivity index (χ3n) is 27.9. The summed E-state index contributed by atoms with van der Waals surface area (Å²) in [5.41, 5.74) is 27.3. The number of ether oxygens (including phenoxy) is 2. The lowest BCUT2D eigenvalue weighted by atomic mass is 9.72. The third-order valence-corrected chi connectivity index (χ3v) is 27.9. The fourth-order valence-corrected chi connectivity index (χ4v) is 18.5. The highest BCUT2D eigenvalue weighted by atomic mass is 16.5. The molecule has 12 aromatic heterocycles. The number of aromatic nitrogens is 18. The Bertz CT molecular complexity index is 8420. The molecule has 0 bridgehead atoms. The summed E-state index contributed by atoms with van der Waals surface area (Å²) < 4.78 is 35.5. The van der Waals surface area contributed by atoms with Gasteiger partial charge in [0.2, 0.25) is 0 Å². The number of fused-ring (bicyclic) bond motifs is 24. The van der Waals surface area contributed by atoms with Crippen LogP contribution >= 0.6 is 0 Å². The number of aryl methyl sites for hydroxylation is 1. The van der Waals surface area contributed by atoms with Gasteiger partial charge in [0.15, 0.2) is 0 Å². The summed E-state index contributed by atoms with van der Waals surface area (Å²) in [6.45, 7) is 33.6. The van der Waals surface area contributed by atoms with Gasteiger partial charge in [0.1, 0.15) is 146 Å². The molecule has 0 aliphatic heterocycles. The molecule has 692 valence electrons. The predicted octanol–water partition coefficient (Wildman–Crippen LogP) is 23.6. The van der Waals surface area contributed by atoms with E-state index in [2.05, 4.69) is 292 Å². The Balaban J connectivity index is 0.0000000992. The van der Waals surface area contributed by atoms with E-state index >= 15 is 0 Å². The Morgan fingerprint density at radius 2 is 0.544 bits per heavy atom. The average molecular weight is 1820 g/mol. The minimum atomic E-state index is -0.380. The monoisotopic (exact) mass is 1810 g/mol. The van der Waals surface area contributed by atoms with Crippen LogP contribution in [0.25, 0.3) is 100 Å². The van der Waals surface area contributed by atoms with Crippen molar-refractivity contribution >= 4 is 66.2 Å². The van der Waals surface area contributed by atoms with Gasteiger partial charge in [-0.2, -0.15) is 0 Å². The summed E-state index contributed by atoms with van der Waals surface area (Å²) in [6.07, 6.45) is 4.16. The summed E-state index contributed by atoms with van der Waals surface area (Å²) in [6, 6.07) is 101. The molecule has 0 fully saturated rings. The highest BCUT2D eigenvalue weighted by Gasteiger charge is 2.39. The molecule has 0 spiro atoms. The van der Waals surface area contributed by atoms with Crippen LogP contribution in [0.4, 0.5) is 0 Å². The highest BCUT2D eigenvalue weighted by Crippen LogP contribution is 2.48. The quantitative estimate of drug-likeness (QED) is 0.0426. The van der Waals surface area contributed by atoms with Crippen LogP contribution < -0.4 is 9.47 Å². The summed E-state index contributed by atoms with van der Waals surface area (Å²) >= 11 is 0. The smallest absolute Gasteiger partial charge is 0.147 e. The SMILES string of the molecule is CC(C)(C)c1ccc(O)c(-n2n3c4ccccc4n23)c1.CC(C)(c1ccccc1)c1cc(-n2n3c4ccccc4n23)c(O)c(C(C)(C)c2ccccc2)c1.CCC(C)(C)c1cc(-n2n3c4ccccc4n23)c(O)c(C(C)(C)CC)c1.CCCCOc1ccc(O)c(-n2n3c4ccccc4n23)c1.COc1ccc(O)c(-n2n3c4ccccc4n23)c1.Cc1ccc(O)c(-n2n3c4ccccc4n23)c1. The number of benzene rings is 14. The van der Waals surface area contributed by atoms with Gasteiger partial charge in [0, 0.05) is 34.1 Å². The number of para-hydroxylation sites is 12.